The van der Waals surface area contributed by atoms with Crippen LogP contribution in [0.4, 0.5) is 14.6 Å². The van der Waals surface area contributed by atoms with Crippen LogP contribution in [-0.2, 0) is 0 Å². The topological polar surface area (TPSA) is 42.2 Å². The molecule has 1 atom stereocenters. The van der Waals surface area contributed by atoms with Gasteiger partial charge in [0.05, 0.1) is 11.7 Å². The Morgan fingerprint density at radius 1 is 1.27 bits per heavy atom. The van der Waals surface area contributed by atoms with E-state index in [9.17, 15) is 8.78 Å². The maximum Gasteiger partial charge on any atom is 0.152 e. The van der Waals surface area contributed by atoms with Gasteiger partial charge in [-0.1, -0.05) is 6.92 Å². The first-order valence-electron chi connectivity index (χ1n) is 7.11. The van der Waals surface area contributed by atoms with Gasteiger partial charge in [0.2, 0.25) is 0 Å². The van der Waals surface area contributed by atoms with Gasteiger partial charge in [0.15, 0.2) is 5.82 Å². The zero-order valence-corrected chi connectivity index (χ0v) is 12.3. The Labute approximate surface area is 126 Å². The lowest BCUT2D eigenvalue weighted by Gasteiger charge is -2.19. The first kappa shape index (κ1) is 14.4. The summed E-state index contributed by atoms with van der Waals surface area (Å²) in [5.41, 5.74) is 1.96. The molecule has 0 fully saturated rings. The van der Waals surface area contributed by atoms with E-state index in [1.54, 1.807) is 16.9 Å². The summed E-state index contributed by atoms with van der Waals surface area (Å²) in [4.78, 5) is 4.30. The van der Waals surface area contributed by atoms with E-state index in [1.165, 1.54) is 6.07 Å². The van der Waals surface area contributed by atoms with Crippen LogP contribution in [0, 0.1) is 18.6 Å². The number of nitrogens with zero attached hydrogens (tertiary/aromatic N) is 3. The Morgan fingerprint density at radius 3 is 2.86 bits per heavy atom. The van der Waals surface area contributed by atoms with E-state index in [0.717, 1.165) is 23.3 Å². The minimum atomic E-state index is -0.456. The molecular formula is C16H16F2N4. The van der Waals surface area contributed by atoms with Crippen molar-refractivity contribution in [3.05, 3.63) is 59.6 Å². The monoisotopic (exact) mass is 302 g/mol. The molecule has 0 aliphatic carbocycles. The molecule has 2 aromatic heterocycles. The number of anilines is 1. The first-order chi connectivity index (χ1) is 10.6. The first-order valence-corrected chi connectivity index (χ1v) is 7.11. The third-order valence-electron chi connectivity index (χ3n) is 3.56. The molecule has 0 saturated heterocycles. The quantitative estimate of drug-likeness (QED) is 0.795. The standard InChI is InChI=1S/C16H16F2N4/c1-3-14(12-9-11(17)4-5-13(12)18)20-16-15-8-10(2)21-22(15)7-6-19-16/h4-9,14H,3H2,1-2H3,(H,19,20). The lowest BCUT2D eigenvalue weighted by atomic mass is 10.0. The highest BCUT2D eigenvalue weighted by molar-refractivity contribution is 5.68. The van der Waals surface area contributed by atoms with Crippen LogP contribution in [0.3, 0.4) is 0 Å². The van der Waals surface area contributed by atoms with E-state index in [2.05, 4.69) is 15.4 Å². The Hall–Kier alpha value is -2.50. The van der Waals surface area contributed by atoms with Crippen molar-refractivity contribution in [1.29, 1.82) is 0 Å². The fourth-order valence-electron chi connectivity index (χ4n) is 2.50. The number of benzene rings is 1. The highest BCUT2D eigenvalue weighted by atomic mass is 19.1. The molecule has 3 aromatic rings. The maximum atomic E-state index is 14.0. The zero-order chi connectivity index (χ0) is 15.7. The molecule has 22 heavy (non-hydrogen) atoms. The highest BCUT2D eigenvalue weighted by Gasteiger charge is 2.17. The van der Waals surface area contributed by atoms with Crippen molar-refractivity contribution in [2.24, 2.45) is 0 Å². The Morgan fingerprint density at radius 2 is 2.09 bits per heavy atom. The van der Waals surface area contributed by atoms with Gasteiger partial charge >= 0.3 is 0 Å². The van der Waals surface area contributed by atoms with Crippen molar-refractivity contribution in [3.63, 3.8) is 0 Å². The minimum absolute atomic E-state index is 0.294. The van der Waals surface area contributed by atoms with Gasteiger partial charge in [-0.2, -0.15) is 5.10 Å². The number of hydrogen-bond donors (Lipinski definition) is 1. The summed E-state index contributed by atoms with van der Waals surface area (Å²) >= 11 is 0. The third-order valence-corrected chi connectivity index (χ3v) is 3.56. The number of nitrogens with one attached hydrogen (secondary N) is 1. The zero-order valence-electron chi connectivity index (χ0n) is 12.3. The van der Waals surface area contributed by atoms with E-state index in [4.69, 9.17) is 0 Å². The fourth-order valence-corrected chi connectivity index (χ4v) is 2.50. The van der Waals surface area contributed by atoms with E-state index < -0.39 is 11.6 Å². The van der Waals surface area contributed by atoms with E-state index in [0.29, 0.717) is 17.8 Å². The van der Waals surface area contributed by atoms with Gasteiger partial charge in [0.25, 0.3) is 0 Å². The van der Waals surface area contributed by atoms with Crippen LogP contribution < -0.4 is 5.32 Å². The van der Waals surface area contributed by atoms with Crippen LogP contribution in [0.1, 0.15) is 30.6 Å². The molecule has 1 unspecified atom stereocenters. The van der Waals surface area contributed by atoms with Gasteiger partial charge in [-0.3, -0.25) is 0 Å². The number of aromatic nitrogens is 3. The van der Waals surface area contributed by atoms with Crippen molar-refractivity contribution in [3.8, 4) is 0 Å². The number of halogens is 2. The van der Waals surface area contributed by atoms with Gasteiger partial charge in [-0.25, -0.2) is 18.3 Å². The van der Waals surface area contributed by atoms with E-state index in [-0.39, 0.29) is 6.04 Å². The normalized spacial score (nSPS) is 12.5. The van der Waals surface area contributed by atoms with Crippen LogP contribution in [0.25, 0.3) is 5.52 Å². The average Bonchev–Trinajstić information content (AvgIpc) is 2.88. The summed E-state index contributed by atoms with van der Waals surface area (Å²) in [5.74, 6) is -0.293. The van der Waals surface area contributed by atoms with Crippen LogP contribution in [0.5, 0.6) is 0 Å². The summed E-state index contributed by atoms with van der Waals surface area (Å²) in [6, 6.07) is 5.00. The molecule has 0 saturated carbocycles. The molecule has 6 heteroatoms. The average molecular weight is 302 g/mol. The summed E-state index contributed by atoms with van der Waals surface area (Å²) in [5, 5.41) is 7.50. The Bertz CT molecular complexity index is 813. The Kier molecular flexibility index (Phi) is 3.75. The maximum absolute atomic E-state index is 14.0. The predicted molar refractivity (Wildman–Crippen MR) is 80.7 cm³/mol. The summed E-state index contributed by atoms with van der Waals surface area (Å²) in [6.07, 6.45) is 3.96. The second kappa shape index (κ2) is 5.71. The fraction of sp³-hybridized carbons (Fsp3) is 0.250. The number of fused-ring (bicyclic) bond motifs is 1. The molecule has 4 nitrogen and oxygen atoms in total. The molecule has 0 aliphatic rings. The number of aryl methyl sites for hydroxylation is 1. The number of hydrogen-bond acceptors (Lipinski definition) is 3. The largest absolute Gasteiger partial charge is 0.361 e. The molecule has 0 amide bonds. The third kappa shape index (κ3) is 2.64. The molecular weight excluding hydrogens is 286 g/mol. The molecule has 0 aliphatic heterocycles. The lowest BCUT2D eigenvalue weighted by Crippen LogP contribution is -2.13. The van der Waals surface area contributed by atoms with E-state index >= 15 is 0 Å². The second-order valence-electron chi connectivity index (χ2n) is 5.16. The highest BCUT2D eigenvalue weighted by Crippen LogP contribution is 2.26. The lowest BCUT2D eigenvalue weighted by molar-refractivity contribution is 0.566. The molecule has 0 bridgehead atoms. The minimum Gasteiger partial charge on any atom is -0.361 e. The molecule has 2 heterocycles. The van der Waals surface area contributed by atoms with Crippen molar-refractivity contribution in [2.45, 2.75) is 26.3 Å². The second-order valence-corrected chi connectivity index (χ2v) is 5.16. The van der Waals surface area contributed by atoms with Gasteiger partial charge in [-0.05, 0) is 37.6 Å². The molecule has 3 rings (SSSR count). The van der Waals surface area contributed by atoms with Crippen molar-refractivity contribution >= 4 is 11.3 Å². The van der Waals surface area contributed by atoms with Crippen molar-refractivity contribution < 1.29 is 8.78 Å². The molecule has 114 valence electrons. The van der Waals surface area contributed by atoms with Crippen LogP contribution in [0.15, 0.2) is 36.7 Å². The number of rotatable bonds is 4. The van der Waals surface area contributed by atoms with Gasteiger partial charge in [0, 0.05) is 18.0 Å². The molecule has 1 aromatic carbocycles. The van der Waals surface area contributed by atoms with Crippen LogP contribution in [-0.4, -0.2) is 14.6 Å². The summed E-state index contributed by atoms with van der Waals surface area (Å²) in [6.45, 7) is 3.80. The molecule has 0 radical (unpaired) electrons. The van der Waals surface area contributed by atoms with Crippen LogP contribution in [0.2, 0.25) is 0 Å². The summed E-state index contributed by atoms with van der Waals surface area (Å²) < 4.78 is 29.1. The summed E-state index contributed by atoms with van der Waals surface area (Å²) in [7, 11) is 0. The van der Waals surface area contributed by atoms with Gasteiger partial charge in [-0.15, -0.1) is 0 Å². The van der Waals surface area contributed by atoms with Crippen LogP contribution >= 0.6 is 0 Å². The molecule has 0 spiro atoms. The molecule has 1 N–H and O–H groups in total. The van der Waals surface area contributed by atoms with Crippen molar-refractivity contribution in [1.82, 2.24) is 14.6 Å². The Balaban J connectivity index is 1.99. The predicted octanol–water partition coefficient (Wildman–Crippen LogP) is 3.88. The van der Waals surface area contributed by atoms with E-state index in [1.807, 2.05) is 19.9 Å². The van der Waals surface area contributed by atoms with Crippen molar-refractivity contribution in [2.75, 3.05) is 5.32 Å². The SMILES string of the molecule is CCC(Nc1nccn2nc(C)cc12)c1cc(F)ccc1F. The smallest absolute Gasteiger partial charge is 0.152 e. The van der Waals surface area contributed by atoms with Gasteiger partial charge in [0.1, 0.15) is 17.2 Å². The van der Waals surface area contributed by atoms with Gasteiger partial charge < -0.3 is 5.32 Å².